The molecule has 5 heteroatoms. The summed E-state index contributed by atoms with van der Waals surface area (Å²) < 4.78 is 30.6. The number of aromatic nitrogens is 2. The molecule has 0 saturated heterocycles. The number of hydrogen-bond donors (Lipinski definition) is 0. The monoisotopic (exact) mass is 256 g/mol. The Morgan fingerprint density at radius 1 is 1.28 bits per heavy atom. The molecule has 0 aromatic carbocycles. The number of ether oxygens (including phenoxy) is 1. The van der Waals surface area contributed by atoms with E-state index in [-0.39, 0.29) is 24.2 Å². The standard InChI is InChI=1S/C13H18F2N2O/c1-12(2,3)10-4-5-11(17-16-10)18-8-9-6-13(14,15)7-9/h4-5,9H,6-8H2,1-3H3. The maximum atomic E-state index is 12.6. The molecule has 1 aromatic heterocycles. The van der Waals surface area contributed by atoms with Crippen LogP contribution in [0, 0.1) is 5.92 Å². The number of nitrogens with zero attached hydrogens (tertiary/aromatic N) is 2. The second-order valence-electron chi connectivity index (χ2n) is 5.95. The van der Waals surface area contributed by atoms with Gasteiger partial charge in [-0.1, -0.05) is 20.8 Å². The van der Waals surface area contributed by atoms with Gasteiger partial charge in [-0.25, -0.2) is 8.78 Å². The zero-order chi connectivity index (χ0) is 13.4. The summed E-state index contributed by atoms with van der Waals surface area (Å²) in [6.45, 7) is 6.44. The van der Waals surface area contributed by atoms with E-state index in [1.807, 2.05) is 26.8 Å². The van der Waals surface area contributed by atoms with E-state index in [1.54, 1.807) is 6.07 Å². The van der Waals surface area contributed by atoms with Crippen LogP contribution in [0.3, 0.4) is 0 Å². The third-order valence-corrected chi connectivity index (χ3v) is 3.05. The van der Waals surface area contributed by atoms with Crippen molar-refractivity contribution in [3.63, 3.8) is 0 Å². The van der Waals surface area contributed by atoms with Gasteiger partial charge in [-0.2, -0.15) is 5.10 Å². The van der Waals surface area contributed by atoms with Crippen LogP contribution in [0.1, 0.15) is 39.3 Å². The molecule has 0 unspecified atom stereocenters. The number of halogens is 2. The summed E-state index contributed by atoms with van der Waals surface area (Å²) in [6.07, 6.45) is -0.166. The third-order valence-electron chi connectivity index (χ3n) is 3.05. The van der Waals surface area contributed by atoms with Crippen molar-refractivity contribution in [3.8, 4) is 5.88 Å². The van der Waals surface area contributed by atoms with Gasteiger partial charge in [0.1, 0.15) is 0 Å². The molecule has 18 heavy (non-hydrogen) atoms. The highest BCUT2D eigenvalue weighted by Gasteiger charge is 2.45. The van der Waals surface area contributed by atoms with Crippen LogP contribution in [-0.2, 0) is 5.41 Å². The molecule has 0 bridgehead atoms. The second-order valence-corrected chi connectivity index (χ2v) is 5.95. The van der Waals surface area contributed by atoms with Gasteiger partial charge >= 0.3 is 0 Å². The van der Waals surface area contributed by atoms with Gasteiger partial charge < -0.3 is 4.74 Å². The molecular weight excluding hydrogens is 238 g/mol. The van der Waals surface area contributed by atoms with Gasteiger partial charge in [-0.3, -0.25) is 0 Å². The first kappa shape index (κ1) is 13.2. The largest absolute Gasteiger partial charge is 0.476 e. The lowest BCUT2D eigenvalue weighted by atomic mass is 9.82. The molecule has 0 atom stereocenters. The molecule has 1 aliphatic carbocycles. The molecule has 0 spiro atoms. The van der Waals surface area contributed by atoms with E-state index in [2.05, 4.69) is 10.2 Å². The van der Waals surface area contributed by atoms with E-state index in [4.69, 9.17) is 4.74 Å². The highest BCUT2D eigenvalue weighted by atomic mass is 19.3. The average Bonchev–Trinajstić information content (AvgIpc) is 2.22. The first-order valence-corrected chi connectivity index (χ1v) is 6.11. The Kier molecular flexibility index (Phi) is 3.25. The van der Waals surface area contributed by atoms with E-state index in [1.165, 1.54) is 0 Å². The van der Waals surface area contributed by atoms with Crippen LogP contribution in [0.2, 0.25) is 0 Å². The van der Waals surface area contributed by atoms with Crippen molar-refractivity contribution in [2.75, 3.05) is 6.61 Å². The van der Waals surface area contributed by atoms with Gasteiger partial charge in [0.15, 0.2) is 0 Å². The summed E-state index contributed by atoms with van der Waals surface area (Å²) in [5.74, 6) is -2.15. The van der Waals surface area contributed by atoms with Crippen molar-refractivity contribution >= 4 is 0 Å². The van der Waals surface area contributed by atoms with E-state index < -0.39 is 5.92 Å². The van der Waals surface area contributed by atoms with Gasteiger partial charge in [-0.15, -0.1) is 5.10 Å². The Labute approximate surface area is 106 Å². The van der Waals surface area contributed by atoms with Crippen molar-refractivity contribution < 1.29 is 13.5 Å². The van der Waals surface area contributed by atoms with Gasteiger partial charge in [-0.05, 0) is 6.07 Å². The minimum atomic E-state index is -2.49. The first-order valence-electron chi connectivity index (χ1n) is 6.11. The van der Waals surface area contributed by atoms with Gasteiger partial charge in [0.25, 0.3) is 0 Å². The molecular formula is C13H18F2N2O. The number of rotatable bonds is 3. The summed E-state index contributed by atoms with van der Waals surface area (Å²) in [4.78, 5) is 0. The summed E-state index contributed by atoms with van der Waals surface area (Å²) >= 11 is 0. The van der Waals surface area contributed by atoms with Gasteiger partial charge in [0.2, 0.25) is 11.8 Å². The van der Waals surface area contributed by atoms with Crippen LogP contribution in [0.5, 0.6) is 5.88 Å². The predicted octanol–water partition coefficient (Wildman–Crippen LogP) is 3.20. The predicted molar refractivity (Wildman–Crippen MR) is 63.9 cm³/mol. The molecule has 0 radical (unpaired) electrons. The highest BCUT2D eigenvalue weighted by molar-refractivity contribution is 5.16. The zero-order valence-corrected chi connectivity index (χ0v) is 10.9. The van der Waals surface area contributed by atoms with Crippen LogP contribution in [0.4, 0.5) is 8.78 Å². The fraction of sp³-hybridized carbons (Fsp3) is 0.692. The van der Waals surface area contributed by atoms with Crippen molar-refractivity contribution in [3.05, 3.63) is 17.8 Å². The molecule has 0 N–H and O–H groups in total. The van der Waals surface area contributed by atoms with Crippen LogP contribution < -0.4 is 4.74 Å². The van der Waals surface area contributed by atoms with Crippen molar-refractivity contribution in [2.45, 2.75) is 45.0 Å². The SMILES string of the molecule is CC(C)(C)c1ccc(OCC2CC(F)(F)C2)nn1. The smallest absolute Gasteiger partial charge is 0.248 e. The molecule has 0 amide bonds. The van der Waals surface area contributed by atoms with Gasteiger partial charge in [0, 0.05) is 30.2 Å². The summed E-state index contributed by atoms with van der Waals surface area (Å²) in [5.41, 5.74) is 0.826. The Bertz CT molecular complexity index is 404. The quantitative estimate of drug-likeness (QED) is 0.833. The summed E-state index contributed by atoms with van der Waals surface area (Å²) in [7, 11) is 0. The third kappa shape index (κ3) is 3.15. The Hall–Kier alpha value is -1.26. The van der Waals surface area contributed by atoms with Gasteiger partial charge in [0.05, 0.1) is 12.3 Å². The number of alkyl halides is 2. The normalized spacial score (nSPS) is 19.4. The maximum Gasteiger partial charge on any atom is 0.248 e. The zero-order valence-electron chi connectivity index (χ0n) is 10.9. The molecule has 1 aromatic rings. The minimum absolute atomic E-state index is 0.0540. The van der Waals surface area contributed by atoms with E-state index >= 15 is 0 Å². The van der Waals surface area contributed by atoms with E-state index in [0.29, 0.717) is 12.5 Å². The Morgan fingerprint density at radius 3 is 2.39 bits per heavy atom. The molecule has 0 aliphatic heterocycles. The fourth-order valence-electron chi connectivity index (χ4n) is 1.90. The van der Waals surface area contributed by atoms with Crippen LogP contribution in [0.25, 0.3) is 0 Å². The van der Waals surface area contributed by atoms with E-state index in [0.717, 1.165) is 5.69 Å². The van der Waals surface area contributed by atoms with E-state index in [9.17, 15) is 8.78 Å². The summed E-state index contributed by atoms with van der Waals surface area (Å²) in [5, 5.41) is 8.03. The number of hydrogen-bond acceptors (Lipinski definition) is 3. The lowest BCUT2D eigenvalue weighted by Crippen LogP contribution is -2.38. The van der Waals surface area contributed by atoms with Crippen molar-refractivity contribution in [2.24, 2.45) is 5.92 Å². The van der Waals surface area contributed by atoms with Crippen LogP contribution in [-0.4, -0.2) is 22.7 Å². The summed E-state index contributed by atoms with van der Waals surface area (Å²) in [6, 6.07) is 3.60. The first-order chi connectivity index (χ1) is 8.26. The molecule has 100 valence electrons. The molecule has 2 rings (SSSR count). The highest BCUT2D eigenvalue weighted by Crippen LogP contribution is 2.42. The Balaban J connectivity index is 1.84. The lowest BCUT2D eigenvalue weighted by Gasteiger charge is -2.34. The minimum Gasteiger partial charge on any atom is -0.476 e. The fourth-order valence-corrected chi connectivity index (χ4v) is 1.90. The maximum absolute atomic E-state index is 12.6. The molecule has 1 heterocycles. The van der Waals surface area contributed by atoms with Crippen LogP contribution >= 0.6 is 0 Å². The van der Waals surface area contributed by atoms with Crippen LogP contribution in [0.15, 0.2) is 12.1 Å². The van der Waals surface area contributed by atoms with Crippen molar-refractivity contribution in [1.29, 1.82) is 0 Å². The molecule has 1 saturated carbocycles. The molecule has 3 nitrogen and oxygen atoms in total. The average molecular weight is 256 g/mol. The topological polar surface area (TPSA) is 35.0 Å². The molecule has 1 aliphatic rings. The molecule has 1 fully saturated rings. The lowest BCUT2D eigenvalue weighted by molar-refractivity contribution is -0.119. The second kappa shape index (κ2) is 4.44. The van der Waals surface area contributed by atoms with Crippen molar-refractivity contribution in [1.82, 2.24) is 10.2 Å². The Morgan fingerprint density at radius 2 is 1.94 bits per heavy atom.